The topological polar surface area (TPSA) is 373 Å². The van der Waals surface area contributed by atoms with Crippen molar-refractivity contribution in [1.82, 2.24) is 29.4 Å². The average Bonchev–Trinajstić information content (AvgIpc) is 3.93. The molecule has 3 aromatic carbocycles. The van der Waals surface area contributed by atoms with Crippen molar-refractivity contribution in [1.29, 1.82) is 0 Å². The number of carboxylic acid groups (broad SMARTS) is 1. The van der Waals surface area contributed by atoms with E-state index in [2.05, 4.69) is 86.3 Å². The van der Waals surface area contributed by atoms with Crippen LogP contribution in [0.5, 0.6) is 11.5 Å². The number of carbonyl (C=O) groups excluding carboxylic acids is 1. The van der Waals surface area contributed by atoms with Gasteiger partial charge in [-0.1, -0.05) is 12.8 Å². The van der Waals surface area contributed by atoms with E-state index in [1.54, 1.807) is 6.07 Å². The Kier molecular flexibility index (Phi) is 16.2. The van der Waals surface area contributed by atoms with Crippen LogP contribution in [0.2, 0.25) is 0 Å². The quantitative estimate of drug-likeness (QED) is 0.0281. The SMILES string of the molecule is CCN1CCCc2cc3c(cc21)Oc1cc2c(cc1=C3c1cc(C(=O)NCCCCCCNc3nc4c(N)ncnc4n3[C@@H]3O[C@H](COP(=O)(O)OP(=O)(O)OP(=O)(O)O)[C@@H](O)[C@H]3O)ccc1C(=O)O)CCC[N+]=2CC. The Morgan fingerprint density at radius 2 is 1.64 bits per heavy atom. The number of amides is 1. The minimum absolute atomic E-state index is 0.0261. The van der Waals surface area contributed by atoms with Gasteiger partial charge in [-0.15, -0.1) is 0 Å². The fourth-order valence-electron chi connectivity index (χ4n) is 10.2. The number of carbonyl (C=O) groups is 2. The average molecular weight is 1110 g/mol. The summed E-state index contributed by atoms with van der Waals surface area (Å²) >= 11 is 0. The highest BCUT2D eigenvalue weighted by Gasteiger charge is 2.48. The number of nitrogen functional groups attached to an aromatic ring is 1. The second-order valence-electron chi connectivity index (χ2n) is 18.6. The largest absolute Gasteiger partial charge is 0.490 e. The molecule has 1 saturated heterocycles. The number of aliphatic hydroxyl groups excluding tert-OH is 2. The van der Waals surface area contributed by atoms with Crippen LogP contribution in [0.25, 0.3) is 16.7 Å². The van der Waals surface area contributed by atoms with E-state index < -0.39 is 60.6 Å². The van der Waals surface area contributed by atoms with Crippen LogP contribution in [0.3, 0.4) is 0 Å². The maximum atomic E-state index is 13.9. The number of nitrogens with zero attached hydrogens (tertiary/aromatic N) is 6. The van der Waals surface area contributed by atoms with Crippen LogP contribution in [0.15, 0.2) is 48.8 Å². The summed E-state index contributed by atoms with van der Waals surface area (Å²) in [5, 5.41) is 40.6. The number of phosphoric acid groups is 3. The molecule has 1 amide bonds. The molecular weight excluding hydrogens is 1060 g/mol. The molecule has 4 aliphatic rings. The van der Waals surface area contributed by atoms with Gasteiger partial charge in [0.05, 0.1) is 18.2 Å². The van der Waals surface area contributed by atoms with Crippen LogP contribution >= 0.6 is 23.5 Å². The van der Waals surface area contributed by atoms with Gasteiger partial charge in [-0.3, -0.25) is 13.9 Å². The number of nitrogens with two attached hydrogens (primary N) is 1. The lowest BCUT2D eigenvalue weighted by atomic mass is 9.85. The van der Waals surface area contributed by atoms with Crippen LogP contribution in [-0.4, -0.2) is 130 Å². The van der Waals surface area contributed by atoms with Gasteiger partial charge >= 0.3 is 29.4 Å². The molecule has 0 saturated carbocycles. The van der Waals surface area contributed by atoms with Gasteiger partial charge in [-0.05, 0) is 87.4 Å². The number of aromatic carboxylic acids is 1. The minimum atomic E-state index is -5.82. The lowest BCUT2D eigenvalue weighted by Crippen LogP contribution is -2.39. The zero-order valence-corrected chi connectivity index (χ0v) is 44.0. The van der Waals surface area contributed by atoms with Crippen molar-refractivity contribution in [3.8, 4) is 11.5 Å². The molecule has 0 bridgehead atoms. The van der Waals surface area contributed by atoms with E-state index in [1.165, 1.54) is 16.7 Å². The molecule has 5 aromatic rings. The monoisotopic (exact) mass is 1110 g/mol. The van der Waals surface area contributed by atoms with Gasteiger partial charge in [-0.2, -0.15) is 8.62 Å². The molecule has 9 rings (SSSR count). The maximum absolute atomic E-state index is 13.9. The number of carboxylic acids is 1. The number of aryl methyl sites for hydroxylation is 2. The molecule has 1 fully saturated rings. The Balaban J connectivity index is 0.856. The molecule has 6 atom stereocenters. The first-order chi connectivity index (χ1) is 36.2. The number of fused-ring (bicyclic) bond motifs is 5. The molecule has 4 aliphatic heterocycles. The maximum Gasteiger partial charge on any atom is 0.490 e. The van der Waals surface area contributed by atoms with E-state index in [0.717, 1.165) is 91.1 Å². The highest BCUT2D eigenvalue weighted by atomic mass is 31.3. The number of hydrogen-bond donors (Lipinski definition) is 10. The first kappa shape index (κ1) is 55.1. The molecule has 76 heavy (non-hydrogen) atoms. The molecule has 6 heterocycles. The molecule has 26 nitrogen and oxygen atoms in total. The standard InChI is InChI=1S/C47H58N9O17P3/c1-3-54-17-9-11-26-19-31-35(22-33(26)54)70-36-23-34-27(12-10-18-55(34)4-2)20-32(36)38(31)30-21-28(13-14-29(30)46(60)61)44(59)49-15-7-5-6-8-16-50-47-53-39-42(48)51-25-52-43(39)56(47)45-41(58)40(57)37(71-45)24-69-75(65,66)73-76(67,68)72-74(62,63)64/h13-14,19-23,25,37,40-41,45,57-58H,3-12,15-18,24H2,1-2H3,(H8-,48,49,50,51,52,53,59,60,61,62,63,64,65,66,67,68)/p+1/t37-,40-,41-,45-/m1/s1. The first-order valence-electron chi connectivity index (χ1n) is 24.7. The van der Waals surface area contributed by atoms with Crippen molar-refractivity contribution in [3.63, 3.8) is 0 Å². The van der Waals surface area contributed by atoms with E-state index in [4.69, 9.17) is 25.0 Å². The third kappa shape index (κ3) is 11.7. The number of imidazole rings is 1. The summed E-state index contributed by atoms with van der Waals surface area (Å²) in [6, 6.07) is 13.1. The van der Waals surface area contributed by atoms with Gasteiger partial charge in [0.1, 0.15) is 49.2 Å². The molecule has 0 radical (unpaired) electrons. The molecule has 11 N–H and O–H groups in total. The highest BCUT2D eigenvalue weighted by molar-refractivity contribution is 7.66. The van der Waals surface area contributed by atoms with E-state index in [-0.39, 0.29) is 34.4 Å². The van der Waals surface area contributed by atoms with Crippen LogP contribution in [-0.2, 0) is 44.4 Å². The number of aliphatic hydroxyl groups is 2. The van der Waals surface area contributed by atoms with Gasteiger partial charge in [0.25, 0.3) is 5.91 Å². The predicted molar refractivity (Wildman–Crippen MR) is 273 cm³/mol. The number of ether oxygens (including phenoxy) is 2. The number of hydrogen-bond acceptors (Lipinski definition) is 18. The van der Waals surface area contributed by atoms with Crippen molar-refractivity contribution in [3.05, 3.63) is 92.7 Å². The summed E-state index contributed by atoms with van der Waals surface area (Å²) < 4.78 is 63.3. The van der Waals surface area contributed by atoms with Gasteiger partial charge in [0.2, 0.25) is 11.3 Å². The Hall–Kier alpha value is -5.69. The normalized spacial score (nSPS) is 20.7. The Morgan fingerprint density at radius 1 is 0.882 bits per heavy atom. The van der Waals surface area contributed by atoms with Crippen molar-refractivity contribution in [2.24, 2.45) is 0 Å². The van der Waals surface area contributed by atoms with E-state index in [1.807, 2.05) is 0 Å². The van der Waals surface area contributed by atoms with Gasteiger partial charge < -0.3 is 65.6 Å². The van der Waals surface area contributed by atoms with E-state index in [0.29, 0.717) is 67.0 Å². The number of rotatable bonds is 21. The lowest BCUT2D eigenvalue weighted by molar-refractivity contribution is -0.0493. The van der Waals surface area contributed by atoms with Gasteiger partial charge in [-0.25, -0.2) is 38.0 Å². The van der Waals surface area contributed by atoms with E-state index >= 15 is 0 Å². The smallest absolute Gasteiger partial charge is 0.478 e. The van der Waals surface area contributed by atoms with Crippen LogP contribution in [0.4, 0.5) is 17.5 Å². The summed E-state index contributed by atoms with van der Waals surface area (Å²) in [5.74, 6) is -0.157. The van der Waals surface area contributed by atoms with E-state index in [9.17, 15) is 48.4 Å². The second kappa shape index (κ2) is 22.3. The number of phosphoric ester groups is 1. The fourth-order valence-corrected chi connectivity index (χ4v) is 13.2. The first-order valence-corrected chi connectivity index (χ1v) is 29.2. The molecule has 408 valence electrons. The van der Waals surface area contributed by atoms with Crippen molar-refractivity contribution in [2.45, 2.75) is 89.8 Å². The zero-order valence-electron chi connectivity index (χ0n) is 41.4. The van der Waals surface area contributed by atoms with Crippen LogP contribution in [0.1, 0.15) is 102 Å². The summed E-state index contributed by atoms with van der Waals surface area (Å²) in [6.45, 7) is 7.38. The number of anilines is 3. The molecule has 2 aromatic heterocycles. The van der Waals surface area contributed by atoms with Crippen molar-refractivity contribution < 1.29 is 80.8 Å². The molecule has 29 heteroatoms. The van der Waals surface area contributed by atoms with Gasteiger partial charge in [0, 0.05) is 71.8 Å². The summed E-state index contributed by atoms with van der Waals surface area (Å²) in [6.07, 6.45) is 0.805. The van der Waals surface area contributed by atoms with Crippen LogP contribution in [0, 0.1) is 0 Å². The molecule has 0 spiro atoms. The third-order valence-corrected chi connectivity index (χ3v) is 17.5. The molecule has 0 aliphatic carbocycles. The Bertz CT molecular complexity index is 3370. The number of aromatic nitrogens is 4. The predicted octanol–water partition coefficient (Wildman–Crippen LogP) is 3.05. The Labute approximate surface area is 434 Å². The lowest BCUT2D eigenvalue weighted by Gasteiger charge is -2.32. The molecule has 2 unspecified atom stereocenters. The number of unbranched alkanes of at least 4 members (excludes halogenated alkanes) is 3. The van der Waals surface area contributed by atoms with Crippen molar-refractivity contribution >= 4 is 69.5 Å². The van der Waals surface area contributed by atoms with Gasteiger partial charge in [0.15, 0.2) is 23.2 Å². The highest BCUT2D eigenvalue weighted by Crippen LogP contribution is 2.66. The summed E-state index contributed by atoms with van der Waals surface area (Å²) in [4.78, 5) is 78.8. The fraction of sp³-hybridized carbons (Fsp3) is 0.447. The molecular formula is C47H59N9O17P3+. The Morgan fingerprint density at radius 3 is 2.38 bits per heavy atom. The van der Waals surface area contributed by atoms with Crippen molar-refractivity contribution in [2.75, 3.05) is 61.8 Å². The zero-order chi connectivity index (χ0) is 54.3. The number of benzene rings is 3. The third-order valence-electron chi connectivity index (χ3n) is 13.7. The number of nitrogens with one attached hydrogen (secondary N) is 2. The minimum Gasteiger partial charge on any atom is -0.478 e. The van der Waals surface area contributed by atoms with Crippen LogP contribution < -0.4 is 41.2 Å². The summed E-state index contributed by atoms with van der Waals surface area (Å²) in [7, 11) is -17.1. The summed E-state index contributed by atoms with van der Waals surface area (Å²) in [5.41, 5.74) is 12.0. The second-order valence-corrected chi connectivity index (χ2v) is 23.0.